The standard InChI is InChI=1S/C20H27N3O2S/c1-16(2)22-12-14-23(15-13-22)19-10-8-18(9-11-19)21-26(24,25)20-7-5-4-6-17(20)3/h4-11,16,21H,12-15H2,1-3H3. The summed E-state index contributed by atoms with van der Waals surface area (Å²) in [6.45, 7) is 10.3. The highest BCUT2D eigenvalue weighted by atomic mass is 32.2. The third-order valence-electron chi connectivity index (χ3n) is 4.91. The topological polar surface area (TPSA) is 52.7 Å². The summed E-state index contributed by atoms with van der Waals surface area (Å²) in [5, 5.41) is 0. The molecule has 0 aromatic heterocycles. The van der Waals surface area contributed by atoms with E-state index in [9.17, 15) is 8.42 Å². The maximum Gasteiger partial charge on any atom is 0.262 e. The Balaban J connectivity index is 1.68. The number of aryl methyl sites for hydroxylation is 1. The fourth-order valence-corrected chi connectivity index (χ4v) is 4.61. The Labute approximate surface area is 156 Å². The predicted octanol–water partition coefficient (Wildman–Crippen LogP) is 3.33. The molecule has 1 aliphatic rings. The summed E-state index contributed by atoms with van der Waals surface area (Å²) in [6, 6.07) is 15.2. The molecule has 2 aromatic rings. The van der Waals surface area contributed by atoms with E-state index in [0.29, 0.717) is 16.6 Å². The zero-order valence-corrected chi connectivity index (χ0v) is 16.5. The van der Waals surface area contributed by atoms with Gasteiger partial charge in [-0.15, -0.1) is 0 Å². The second-order valence-electron chi connectivity index (χ2n) is 7.03. The van der Waals surface area contributed by atoms with Crippen molar-refractivity contribution in [1.29, 1.82) is 0 Å². The molecule has 3 rings (SSSR count). The number of rotatable bonds is 5. The summed E-state index contributed by atoms with van der Waals surface area (Å²) >= 11 is 0. The lowest BCUT2D eigenvalue weighted by Crippen LogP contribution is -2.48. The fourth-order valence-electron chi connectivity index (χ4n) is 3.30. The van der Waals surface area contributed by atoms with Crippen molar-refractivity contribution in [2.75, 3.05) is 35.8 Å². The molecule has 5 nitrogen and oxygen atoms in total. The van der Waals surface area contributed by atoms with Crippen LogP contribution in [0.3, 0.4) is 0 Å². The molecule has 1 heterocycles. The van der Waals surface area contributed by atoms with Gasteiger partial charge in [0.25, 0.3) is 10.0 Å². The van der Waals surface area contributed by atoms with Crippen LogP contribution in [0.15, 0.2) is 53.4 Å². The van der Waals surface area contributed by atoms with Crippen LogP contribution >= 0.6 is 0 Å². The van der Waals surface area contributed by atoms with Gasteiger partial charge in [-0.2, -0.15) is 0 Å². The van der Waals surface area contributed by atoms with E-state index in [1.807, 2.05) is 30.3 Å². The van der Waals surface area contributed by atoms with Gasteiger partial charge in [0.1, 0.15) is 0 Å². The van der Waals surface area contributed by atoms with E-state index in [-0.39, 0.29) is 0 Å². The molecule has 6 heteroatoms. The van der Waals surface area contributed by atoms with Gasteiger partial charge in [-0.05, 0) is 56.7 Å². The average molecular weight is 374 g/mol. The van der Waals surface area contributed by atoms with Crippen molar-refractivity contribution in [3.8, 4) is 0 Å². The molecule has 0 aliphatic carbocycles. The Kier molecular flexibility index (Phi) is 5.53. The number of nitrogens with one attached hydrogen (secondary N) is 1. The van der Waals surface area contributed by atoms with Gasteiger partial charge in [-0.3, -0.25) is 9.62 Å². The van der Waals surface area contributed by atoms with E-state index in [1.54, 1.807) is 25.1 Å². The summed E-state index contributed by atoms with van der Waals surface area (Å²) in [4.78, 5) is 5.13. The minimum atomic E-state index is -3.57. The van der Waals surface area contributed by atoms with E-state index in [2.05, 4.69) is 28.4 Å². The van der Waals surface area contributed by atoms with Gasteiger partial charge >= 0.3 is 0 Å². The minimum Gasteiger partial charge on any atom is -0.369 e. The van der Waals surface area contributed by atoms with Crippen molar-refractivity contribution in [2.45, 2.75) is 31.7 Å². The largest absolute Gasteiger partial charge is 0.369 e. The molecular formula is C20H27N3O2S. The van der Waals surface area contributed by atoms with E-state index in [0.717, 1.165) is 37.4 Å². The molecule has 2 aromatic carbocycles. The maximum absolute atomic E-state index is 12.6. The SMILES string of the molecule is Cc1ccccc1S(=O)(=O)Nc1ccc(N2CCN(C(C)C)CC2)cc1. The quantitative estimate of drug-likeness (QED) is 0.873. The zero-order chi connectivity index (χ0) is 18.7. The molecule has 0 bridgehead atoms. The number of nitrogens with zero attached hydrogens (tertiary/aromatic N) is 2. The second kappa shape index (κ2) is 7.68. The second-order valence-corrected chi connectivity index (χ2v) is 8.69. The Morgan fingerprint density at radius 1 is 0.923 bits per heavy atom. The highest BCUT2D eigenvalue weighted by molar-refractivity contribution is 7.92. The number of hydrogen-bond acceptors (Lipinski definition) is 4. The molecule has 0 amide bonds. The summed E-state index contributed by atoms with van der Waals surface area (Å²) in [6.07, 6.45) is 0. The first-order chi connectivity index (χ1) is 12.4. The zero-order valence-electron chi connectivity index (χ0n) is 15.6. The molecule has 0 spiro atoms. The third kappa shape index (κ3) is 4.19. The van der Waals surface area contributed by atoms with Gasteiger partial charge < -0.3 is 4.90 Å². The Morgan fingerprint density at radius 3 is 2.12 bits per heavy atom. The van der Waals surface area contributed by atoms with Crippen molar-refractivity contribution in [1.82, 2.24) is 4.90 Å². The van der Waals surface area contributed by atoms with Crippen LogP contribution in [-0.2, 0) is 10.0 Å². The average Bonchev–Trinajstić information content (AvgIpc) is 2.62. The van der Waals surface area contributed by atoms with E-state index in [4.69, 9.17) is 0 Å². The molecule has 0 unspecified atom stereocenters. The van der Waals surface area contributed by atoms with Crippen LogP contribution in [0.5, 0.6) is 0 Å². The first-order valence-electron chi connectivity index (χ1n) is 9.04. The normalized spacial score (nSPS) is 16.1. The van der Waals surface area contributed by atoms with Crippen LogP contribution in [0.25, 0.3) is 0 Å². The van der Waals surface area contributed by atoms with Crippen molar-refractivity contribution >= 4 is 21.4 Å². The maximum atomic E-state index is 12.6. The number of anilines is 2. The molecular weight excluding hydrogens is 346 g/mol. The lowest BCUT2D eigenvalue weighted by atomic mass is 10.2. The number of benzene rings is 2. The number of piperazine rings is 1. The van der Waals surface area contributed by atoms with Crippen LogP contribution in [0, 0.1) is 6.92 Å². The first-order valence-corrected chi connectivity index (χ1v) is 10.5. The van der Waals surface area contributed by atoms with Crippen molar-refractivity contribution in [2.24, 2.45) is 0 Å². The monoisotopic (exact) mass is 373 g/mol. The van der Waals surface area contributed by atoms with Crippen LogP contribution in [0.1, 0.15) is 19.4 Å². The molecule has 1 aliphatic heterocycles. The van der Waals surface area contributed by atoms with Crippen LogP contribution in [0.2, 0.25) is 0 Å². The van der Waals surface area contributed by atoms with Crippen LogP contribution in [0.4, 0.5) is 11.4 Å². The lowest BCUT2D eigenvalue weighted by molar-refractivity contribution is 0.209. The third-order valence-corrected chi connectivity index (χ3v) is 6.45. The number of hydrogen-bond donors (Lipinski definition) is 1. The van der Waals surface area contributed by atoms with Gasteiger partial charge in [0, 0.05) is 43.6 Å². The molecule has 0 saturated carbocycles. The van der Waals surface area contributed by atoms with Gasteiger partial charge in [0.2, 0.25) is 0 Å². The van der Waals surface area contributed by atoms with Crippen molar-refractivity contribution < 1.29 is 8.42 Å². The molecule has 26 heavy (non-hydrogen) atoms. The van der Waals surface area contributed by atoms with Crippen LogP contribution in [-0.4, -0.2) is 45.5 Å². The van der Waals surface area contributed by atoms with Gasteiger partial charge in [0.05, 0.1) is 4.90 Å². The van der Waals surface area contributed by atoms with Gasteiger partial charge in [0.15, 0.2) is 0 Å². The van der Waals surface area contributed by atoms with Crippen molar-refractivity contribution in [3.63, 3.8) is 0 Å². The van der Waals surface area contributed by atoms with Gasteiger partial charge in [-0.1, -0.05) is 18.2 Å². The summed E-state index contributed by atoms with van der Waals surface area (Å²) in [5.41, 5.74) is 2.45. The Hall–Kier alpha value is -2.05. The summed E-state index contributed by atoms with van der Waals surface area (Å²) in [5.74, 6) is 0. The minimum absolute atomic E-state index is 0.314. The van der Waals surface area contributed by atoms with Crippen molar-refractivity contribution in [3.05, 3.63) is 54.1 Å². The van der Waals surface area contributed by atoms with E-state index < -0.39 is 10.0 Å². The molecule has 0 atom stereocenters. The van der Waals surface area contributed by atoms with E-state index >= 15 is 0 Å². The fraction of sp³-hybridized carbons (Fsp3) is 0.400. The van der Waals surface area contributed by atoms with Gasteiger partial charge in [-0.25, -0.2) is 8.42 Å². The first kappa shape index (κ1) is 18.7. The molecule has 140 valence electrons. The summed E-state index contributed by atoms with van der Waals surface area (Å²) < 4.78 is 27.8. The molecule has 1 fully saturated rings. The highest BCUT2D eigenvalue weighted by Gasteiger charge is 2.20. The molecule has 1 N–H and O–H groups in total. The highest BCUT2D eigenvalue weighted by Crippen LogP contribution is 2.23. The Bertz CT molecular complexity index is 840. The number of sulfonamides is 1. The van der Waals surface area contributed by atoms with Crippen LogP contribution < -0.4 is 9.62 Å². The molecule has 0 radical (unpaired) electrons. The van der Waals surface area contributed by atoms with E-state index in [1.165, 1.54) is 0 Å². The predicted molar refractivity (Wildman–Crippen MR) is 107 cm³/mol. The smallest absolute Gasteiger partial charge is 0.262 e. The summed E-state index contributed by atoms with van der Waals surface area (Å²) in [7, 11) is -3.57. The molecule has 1 saturated heterocycles. The Morgan fingerprint density at radius 2 is 1.54 bits per heavy atom. The lowest BCUT2D eigenvalue weighted by Gasteiger charge is -2.38.